The summed E-state index contributed by atoms with van der Waals surface area (Å²) in [4.78, 5) is 29.8. The lowest BCUT2D eigenvalue weighted by Gasteiger charge is -2.41. The maximum atomic E-state index is 13.8. The minimum absolute atomic E-state index is 0.128. The van der Waals surface area contributed by atoms with Crippen molar-refractivity contribution >= 4 is 23.7 Å². The summed E-state index contributed by atoms with van der Waals surface area (Å²) in [5.74, 6) is 1.74. The first-order valence-corrected chi connectivity index (χ1v) is 11.8. The number of urea groups is 1. The van der Waals surface area contributed by atoms with Crippen molar-refractivity contribution in [2.75, 3.05) is 37.7 Å². The maximum absolute atomic E-state index is 13.8. The van der Waals surface area contributed by atoms with Crippen LogP contribution in [0, 0.1) is 18.7 Å². The van der Waals surface area contributed by atoms with Crippen LogP contribution >= 0.6 is 11.8 Å². The number of carbonyl (C=O) groups is 2. The number of unbranched alkanes of at least 4 members (excludes halogenated alkanes) is 1. The zero-order valence-electron chi connectivity index (χ0n) is 17.5. The molecule has 2 atom stereocenters. The average Bonchev–Trinajstić information content (AvgIpc) is 2.75. The summed E-state index contributed by atoms with van der Waals surface area (Å²) in [5, 5.41) is 3.00. The molecule has 0 bridgehead atoms. The van der Waals surface area contributed by atoms with Gasteiger partial charge < -0.3 is 15.1 Å². The molecular weight excluding hydrogens is 389 g/mol. The average molecular weight is 422 g/mol. The van der Waals surface area contributed by atoms with E-state index >= 15 is 0 Å². The first kappa shape index (κ1) is 21.9. The number of halogens is 1. The van der Waals surface area contributed by atoms with Gasteiger partial charge in [-0.15, -0.1) is 0 Å². The van der Waals surface area contributed by atoms with E-state index in [-0.39, 0.29) is 29.7 Å². The molecule has 2 aliphatic heterocycles. The molecule has 3 rings (SSSR count). The standard InChI is InChI=1S/C22H32FN3O2S/c1-3-4-9-24-22(28)26-15-18(21(27)25-10-12-29-13-11-25)6-8-20(26)17-5-7-19(23)16(2)14-17/h5,7,14,18,20H,3-4,6,8-13,15H2,1-2H3,(H,24,28)/t18-,20+/m0/s1. The molecule has 2 heterocycles. The molecule has 2 aliphatic rings. The second-order valence-corrected chi connectivity index (χ2v) is 9.20. The highest BCUT2D eigenvalue weighted by molar-refractivity contribution is 7.99. The van der Waals surface area contributed by atoms with Crippen LogP contribution in [0.5, 0.6) is 0 Å². The zero-order chi connectivity index (χ0) is 20.8. The number of rotatable bonds is 5. The van der Waals surface area contributed by atoms with E-state index in [0.717, 1.165) is 49.4 Å². The Kier molecular flexibility index (Phi) is 7.81. The molecular formula is C22H32FN3O2S. The van der Waals surface area contributed by atoms with Gasteiger partial charge in [0.25, 0.3) is 0 Å². The van der Waals surface area contributed by atoms with Crippen molar-refractivity contribution in [2.45, 2.75) is 45.6 Å². The Labute approximate surface area is 177 Å². The third kappa shape index (κ3) is 5.44. The Bertz CT molecular complexity index is 724. The summed E-state index contributed by atoms with van der Waals surface area (Å²) in [6.45, 7) is 6.47. The van der Waals surface area contributed by atoms with E-state index < -0.39 is 0 Å². The Morgan fingerprint density at radius 3 is 2.69 bits per heavy atom. The fourth-order valence-corrected chi connectivity index (χ4v) is 5.04. The van der Waals surface area contributed by atoms with Crippen LogP contribution in [0.2, 0.25) is 0 Å². The number of hydrogen-bond donors (Lipinski definition) is 1. The first-order chi connectivity index (χ1) is 14.0. The number of likely N-dealkylation sites (tertiary alicyclic amines) is 1. The number of carbonyl (C=O) groups excluding carboxylic acids is 2. The molecule has 0 spiro atoms. The van der Waals surface area contributed by atoms with Crippen LogP contribution in [-0.4, -0.2) is 59.4 Å². The Morgan fingerprint density at radius 1 is 1.24 bits per heavy atom. The third-order valence-electron chi connectivity index (χ3n) is 5.89. The molecule has 1 N–H and O–H groups in total. The third-order valence-corrected chi connectivity index (χ3v) is 6.83. The van der Waals surface area contributed by atoms with Crippen LogP contribution in [0.4, 0.5) is 9.18 Å². The number of benzene rings is 1. The number of thioether (sulfide) groups is 1. The van der Waals surface area contributed by atoms with Gasteiger partial charge in [-0.05, 0) is 43.4 Å². The van der Waals surface area contributed by atoms with E-state index in [9.17, 15) is 14.0 Å². The molecule has 1 aromatic rings. The van der Waals surface area contributed by atoms with Gasteiger partial charge in [-0.2, -0.15) is 11.8 Å². The van der Waals surface area contributed by atoms with E-state index in [1.807, 2.05) is 22.7 Å². The smallest absolute Gasteiger partial charge is 0.317 e. The van der Waals surface area contributed by atoms with Crippen molar-refractivity contribution in [3.05, 3.63) is 35.1 Å². The molecule has 2 fully saturated rings. The van der Waals surface area contributed by atoms with Crippen molar-refractivity contribution in [3.8, 4) is 0 Å². The predicted molar refractivity (Wildman–Crippen MR) is 116 cm³/mol. The molecule has 29 heavy (non-hydrogen) atoms. The van der Waals surface area contributed by atoms with Gasteiger partial charge in [0.2, 0.25) is 5.91 Å². The number of piperidine rings is 1. The molecule has 5 nitrogen and oxygen atoms in total. The number of nitrogens with zero attached hydrogens (tertiary/aromatic N) is 2. The largest absolute Gasteiger partial charge is 0.341 e. The van der Waals surface area contributed by atoms with E-state index in [1.54, 1.807) is 17.9 Å². The maximum Gasteiger partial charge on any atom is 0.317 e. The van der Waals surface area contributed by atoms with E-state index in [2.05, 4.69) is 12.2 Å². The van der Waals surface area contributed by atoms with Crippen molar-refractivity contribution in [2.24, 2.45) is 5.92 Å². The number of amides is 3. The topological polar surface area (TPSA) is 52.7 Å². The Balaban J connectivity index is 1.76. The van der Waals surface area contributed by atoms with Gasteiger partial charge in [0, 0.05) is 37.7 Å². The minimum atomic E-state index is -0.237. The van der Waals surface area contributed by atoms with Crippen molar-refractivity contribution in [1.29, 1.82) is 0 Å². The van der Waals surface area contributed by atoms with Gasteiger partial charge in [0.05, 0.1) is 12.0 Å². The molecule has 0 aliphatic carbocycles. The zero-order valence-corrected chi connectivity index (χ0v) is 18.3. The quantitative estimate of drug-likeness (QED) is 0.732. The van der Waals surface area contributed by atoms with Gasteiger partial charge in [-0.3, -0.25) is 4.79 Å². The van der Waals surface area contributed by atoms with Gasteiger partial charge in [0.1, 0.15) is 5.82 Å². The summed E-state index contributed by atoms with van der Waals surface area (Å²) < 4.78 is 13.8. The highest BCUT2D eigenvalue weighted by Crippen LogP contribution is 2.35. The molecule has 7 heteroatoms. The lowest BCUT2D eigenvalue weighted by atomic mass is 9.87. The van der Waals surface area contributed by atoms with Crippen LogP contribution in [0.15, 0.2) is 18.2 Å². The monoisotopic (exact) mass is 421 g/mol. The summed E-state index contributed by atoms with van der Waals surface area (Å²) in [6.07, 6.45) is 3.40. The van der Waals surface area contributed by atoms with E-state index in [4.69, 9.17) is 0 Å². The molecule has 0 radical (unpaired) electrons. The van der Waals surface area contributed by atoms with Crippen LogP contribution in [0.3, 0.4) is 0 Å². The van der Waals surface area contributed by atoms with E-state index in [0.29, 0.717) is 25.1 Å². The summed E-state index contributed by atoms with van der Waals surface area (Å²) >= 11 is 1.88. The Hall–Kier alpha value is -1.76. The van der Waals surface area contributed by atoms with Crippen LogP contribution in [-0.2, 0) is 4.79 Å². The Morgan fingerprint density at radius 2 is 2.00 bits per heavy atom. The summed E-state index contributed by atoms with van der Waals surface area (Å²) in [7, 11) is 0. The molecule has 1 aromatic carbocycles. The lowest BCUT2D eigenvalue weighted by Crippen LogP contribution is -2.52. The minimum Gasteiger partial charge on any atom is -0.341 e. The van der Waals surface area contributed by atoms with Crippen molar-refractivity contribution < 1.29 is 14.0 Å². The summed E-state index contributed by atoms with van der Waals surface area (Å²) in [5.41, 5.74) is 1.52. The van der Waals surface area contributed by atoms with Crippen molar-refractivity contribution in [3.63, 3.8) is 0 Å². The fourth-order valence-electron chi connectivity index (χ4n) is 4.13. The number of nitrogens with one attached hydrogen (secondary N) is 1. The van der Waals surface area contributed by atoms with Gasteiger partial charge in [0.15, 0.2) is 0 Å². The van der Waals surface area contributed by atoms with Crippen LogP contribution in [0.25, 0.3) is 0 Å². The highest BCUT2D eigenvalue weighted by atomic mass is 32.2. The van der Waals surface area contributed by atoms with Gasteiger partial charge in [-0.1, -0.05) is 25.5 Å². The molecule has 0 saturated carbocycles. The number of aryl methyl sites for hydroxylation is 1. The van der Waals surface area contributed by atoms with Gasteiger partial charge in [-0.25, -0.2) is 9.18 Å². The molecule has 3 amide bonds. The SMILES string of the molecule is CCCCNC(=O)N1C[C@@H](C(=O)N2CCSCC2)CC[C@@H]1c1ccc(F)c(C)c1. The fraction of sp³-hybridized carbons (Fsp3) is 0.636. The van der Waals surface area contributed by atoms with Crippen LogP contribution < -0.4 is 5.32 Å². The van der Waals surface area contributed by atoms with Crippen LogP contribution in [0.1, 0.15) is 49.8 Å². The second-order valence-electron chi connectivity index (χ2n) is 7.97. The molecule has 0 unspecified atom stereocenters. The molecule has 2 saturated heterocycles. The summed E-state index contributed by atoms with van der Waals surface area (Å²) in [6, 6.07) is 4.81. The first-order valence-electron chi connectivity index (χ1n) is 10.7. The normalized spacial score (nSPS) is 22.4. The number of hydrogen-bond acceptors (Lipinski definition) is 3. The highest BCUT2D eigenvalue weighted by Gasteiger charge is 2.37. The molecule has 160 valence electrons. The predicted octanol–water partition coefficient (Wildman–Crippen LogP) is 3.97. The second kappa shape index (κ2) is 10.3. The van der Waals surface area contributed by atoms with Gasteiger partial charge >= 0.3 is 6.03 Å². The van der Waals surface area contributed by atoms with E-state index in [1.165, 1.54) is 6.07 Å². The lowest BCUT2D eigenvalue weighted by molar-refractivity contribution is -0.137. The van der Waals surface area contributed by atoms with Crippen molar-refractivity contribution in [1.82, 2.24) is 15.1 Å². The molecule has 0 aromatic heterocycles.